The molecule has 0 heterocycles. The smallest absolute Gasteiger partial charge is 0.269 e. The fourth-order valence-corrected chi connectivity index (χ4v) is 1.77. The van der Waals surface area contributed by atoms with Crippen molar-refractivity contribution in [3.63, 3.8) is 0 Å². The van der Waals surface area contributed by atoms with E-state index in [9.17, 15) is 14.9 Å². The van der Waals surface area contributed by atoms with E-state index in [0.29, 0.717) is 11.3 Å². The fourth-order valence-electron chi connectivity index (χ4n) is 1.77. The van der Waals surface area contributed by atoms with E-state index in [1.54, 1.807) is 0 Å². The standard InChI is InChI=1S/C16H15N3O3/c1-11-3-5-13(6-4-11)12(2)17-18-16(20)14-7-9-15(10-8-14)19(21)22/h3-10,17H,2H2,1H3,(H,18,20). The van der Waals surface area contributed by atoms with Gasteiger partial charge < -0.3 is 0 Å². The predicted octanol–water partition coefficient (Wildman–Crippen LogP) is 2.81. The molecule has 0 bridgehead atoms. The molecule has 0 radical (unpaired) electrons. The zero-order chi connectivity index (χ0) is 16.1. The number of non-ortho nitro benzene ring substituents is 1. The molecular formula is C16H15N3O3. The van der Waals surface area contributed by atoms with Crippen LogP contribution in [-0.4, -0.2) is 10.8 Å². The third kappa shape index (κ3) is 3.69. The highest BCUT2D eigenvalue weighted by Gasteiger charge is 2.09. The first-order chi connectivity index (χ1) is 10.5. The van der Waals surface area contributed by atoms with Crippen molar-refractivity contribution in [2.45, 2.75) is 6.92 Å². The van der Waals surface area contributed by atoms with E-state index in [1.807, 2.05) is 31.2 Å². The topological polar surface area (TPSA) is 84.3 Å². The number of hydrazine groups is 1. The molecule has 2 rings (SSSR count). The summed E-state index contributed by atoms with van der Waals surface area (Å²) in [5, 5.41) is 10.6. The van der Waals surface area contributed by atoms with E-state index in [1.165, 1.54) is 24.3 Å². The van der Waals surface area contributed by atoms with Crippen LogP contribution in [0.2, 0.25) is 0 Å². The van der Waals surface area contributed by atoms with Crippen molar-refractivity contribution < 1.29 is 9.72 Å². The molecular weight excluding hydrogens is 282 g/mol. The highest BCUT2D eigenvalue weighted by molar-refractivity contribution is 5.94. The van der Waals surface area contributed by atoms with Crippen molar-refractivity contribution in [3.05, 3.63) is 81.9 Å². The number of carbonyl (C=O) groups is 1. The maximum absolute atomic E-state index is 11.9. The lowest BCUT2D eigenvalue weighted by atomic mass is 10.1. The van der Waals surface area contributed by atoms with Crippen molar-refractivity contribution in [2.24, 2.45) is 0 Å². The summed E-state index contributed by atoms with van der Waals surface area (Å²) in [5.74, 6) is -0.400. The zero-order valence-electron chi connectivity index (χ0n) is 12.0. The van der Waals surface area contributed by atoms with E-state index in [0.717, 1.165) is 11.1 Å². The van der Waals surface area contributed by atoms with Gasteiger partial charge in [-0.2, -0.15) is 0 Å². The van der Waals surface area contributed by atoms with Crippen LogP contribution in [0.1, 0.15) is 21.5 Å². The number of rotatable bonds is 5. The molecule has 22 heavy (non-hydrogen) atoms. The van der Waals surface area contributed by atoms with Crippen LogP contribution < -0.4 is 10.9 Å². The van der Waals surface area contributed by atoms with E-state index in [4.69, 9.17) is 0 Å². The molecule has 0 saturated heterocycles. The fraction of sp³-hybridized carbons (Fsp3) is 0.0625. The van der Waals surface area contributed by atoms with Crippen LogP contribution in [0.4, 0.5) is 5.69 Å². The van der Waals surface area contributed by atoms with Gasteiger partial charge in [0.15, 0.2) is 0 Å². The number of hydrogen-bond donors (Lipinski definition) is 2. The maximum atomic E-state index is 11.9. The third-order valence-corrected chi connectivity index (χ3v) is 3.07. The van der Waals surface area contributed by atoms with Gasteiger partial charge in [0.2, 0.25) is 0 Å². The van der Waals surface area contributed by atoms with E-state index in [-0.39, 0.29) is 5.69 Å². The number of nitro benzene ring substituents is 1. The highest BCUT2D eigenvalue weighted by Crippen LogP contribution is 2.12. The van der Waals surface area contributed by atoms with Gasteiger partial charge in [-0.1, -0.05) is 36.4 Å². The summed E-state index contributed by atoms with van der Waals surface area (Å²) in [4.78, 5) is 22.0. The molecule has 0 aliphatic rings. The predicted molar refractivity (Wildman–Crippen MR) is 83.9 cm³/mol. The van der Waals surface area contributed by atoms with Gasteiger partial charge in [-0.15, -0.1) is 0 Å². The first-order valence-corrected chi connectivity index (χ1v) is 6.54. The molecule has 0 fully saturated rings. The van der Waals surface area contributed by atoms with Crippen LogP contribution in [-0.2, 0) is 0 Å². The molecule has 0 aliphatic carbocycles. The largest absolute Gasteiger partial charge is 0.298 e. The van der Waals surface area contributed by atoms with Crippen LogP contribution in [0.3, 0.4) is 0 Å². The number of hydrogen-bond acceptors (Lipinski definition) is 4. The van der Waals surface area contributed by atoms with Gasteiger partial charge in [0.05, 0.1) is 10.6 Å². The van der Waals surface area contributed by atoms with Crippen LogP contribution >= 0.6 is 0 Å². The minimum absolute atomic E-state index is 0.0615. The Kier molecular flexibility index (Phi) is 4.53. The molecule has 6 heteroatoms. The van der Waals surface area contributed by atoms with Gasteiger partial charge in [-0.3, -0.25) is 25.8 Å². The molecule has 112 valence electrons. The second kappa shape index (κ2) is 6.53. The Bertz CT molecular complexity index is 706. The van der Waals surface area contributed by atoms with E-state index < -0.39 is 10.8 Å². The average molecular weight is 297 g/mol. The number of nitrogens with one attached hydrogen (secondary N) is 2. The van der Waals surface area contributed by atoms with Crippen molar-refractivity contribution in [1.29, 1.82) is 0 Å². The molecule has 0 unspecified atom stereocenters. The van der Waals surface area contributed by atoms with Gasteiger partial charge >= 0.3 is 0 Å². The van der Waals surface area contributed by atoms with Gasteiger partial charge in [-0.05, 0) is 24.6 Å². The monoisotopic (exact) mass is 297 g/mol. The van der Waals surface area contributed by atoms with Crippen LogP contribution in [0, 0.1) is 17.0 Å². The summed E-state index contributed by atoms with van der Waals surface area (Å²) >= 11 is 0. The quantitative estimate of drug-likeness (QED) is 0.656. The van der Waals surface area contributed by atoms with Crippen molar-refractivity contribution in [1.82, 2.24) is 10.9 Å². The van der Waals surface area contributed by atoms with Gasteiger partial charge in [0, 0.05) is 17.7 Å². The minimum atomic E-state index is -0.515. The average Bonchev–Trinajstić information content (AvgIpc) is 2.53. The molecule has 0 aliphatic heterocycles. The first-order valence-electron chi connectivity index (χ1n) is 6.54. The molecule has 6 nitrogen and oxygen atoms in total. The normalized spacial score (nSPS) is 9.86. The maximum Gasteiger partial charge on any atom is 0.269 e. The lowest BCUT2D eigenvalue weighted by molar-refractivity contribution is -0.384. The van der Waals surface area contributed by atoms with E-state index in [2.05, 4.69) is 17.4 Å². The Labute approximate surface area is 127 Å². The number of nitrogens with zero attached hydrogens (tertiary/aromatic N) is 1. The number of carbonyl (C=O) groups excluding carboxylic acids is 1. The Morgan fingerprint density at radius 2 is 1.55 bits per heavy atom. The Hall–Kier alpha value is -3.15. The summed E-state index contributed by atoms with van der Waals surface area (Å²) in [5.41, 5.74) is 8.02. The lowest BCUT2D eigenvalue weighted by Crippen LogP contribution is -2.35. The number of nitro groups is 1. The van der Waals surface area contributed by atoms with Gasteiger partial charge in [0.25, 0.3) is 11.6 Å². The number of benzene rings is 2. The van der Waals surface area contributed by atoms with Crippen LogP contribution in [0.25, 0.3) is 5.70 Å². The molecule has 2 N–H and O–H groups in total. The molecule has 0 aromatic heterocycles. The van der Waals surface area contributed by atoms with Crippen molar-refractivity contribution in [2.75, 3.05) is 0 Å². The molecule has 0 spiro atoms. The van der Waals surface area contributed by atoms with Crippen LogP contribution in [0.15, 0.2) is 55.1 Å². The Morgan fingerprint density at radius 3 is 2.09 bits per heavy atom. The zero-order valence-corrected chi connectivity index (χ0v) is 12.0. The summed E-state index contributed by atoms with van der Waals surface area (Å²) in [6.07, 6.45) is 0. The van der Waals surface area contributed by atoms with Crippen molar-refractivity contribution in [3.8, 4) is 0 Å². The summed E-state index contributed by atoms with van der Waals surface area (Å²) in [6.45, 7) is 5.82. The summed E-state index contributed by atoms with van der Waals surface area (Å²) < 4.78 is 0. The second-order valence-electron chi connectivity index (χ2n) is 4.73. The van der Waals surface area contributed by atoms with Gasteiger partial charge in [0.1, 0.15) is 0 Å². The molecule has 1 amide bonds. The third-order valence-electron chi connectivity index (χ3n) is 3.07. The van der Waals surface area contributed by atoms with E-state index >= 15 is 0 Å². The number of aryl methyl sites for hydroxylation is 1. The summed E-state index contributed by atoms with van der Waals surface area (Å²) in [7, 11) is 0. The summed E-state index contributed by atoms with van der Waals surface area (Å²) in [6, 6.07) is 13.0. The SMILES string of the molecule is C=C(NNC(=O)c1ccc([N+](=O)[O-])cc1)c1ccc(C)cc1. The Morgan fingerprint density at radius 1 is 1.00 bits per heavy atom. The number of amides is 1. The highest BCUT2D eigenvalue weighted by atomic mass is 16.6. The van der Waals surface area contributed by atoms with Crippen molar-refractivity contribution >= 4 is 17.3 Å². The lowest BCUT2D eigenvalue weighted by Gasteiger charge is -2.11. The molecule has 2 aromatic rings. The Balaban J connectivity index is 1.96. The molecule has 0 saturated carbocycles. The molecule has 0 atom stereocenters. The molecule has 2 aromatic carbocycles. The minimum Gasteiger partial charge on any atom is -0.298 e. The van der Waals surface area contributed by atoms with Crippen LogP contribution in [0.5, 0.6) is 0 Å². The van der Waals surface area contributed by atoms with Gasteiger partial charge in [-0.25, -0.2) is 0 Å². The second-order valence-corrected chi connectivity index (χ2v) is 4.73. The first kappa shape index (κ1) is 15.2.